The summed E-state index contributed by atoms with van der Waals surface area (Å²) in [5, 5.41) is 5.21. The van der Waals surface area contributed by atoms with Crippen molar-refractivity contribution in [2.75, 3.05) is 40.1 Å². The summed E-state index contributed by atoms with van der Waals surface area (Å²) >= 11 is 0. The summed E-state index contributed by atoms with van der Waals surface area (Å²) in [7, 11) is 0.789. The molecule has 42 nitrogen and oxygen atoms in total. The van der Waals surface area contributed by atoms with Crippen LogP contribution in [0.4, 0.5) is 0 Å². The Hall–Kier alpha value is -10.4. The molecular weight excluding hydrogens is 1580 g/mol. The van der Waals surface area contributed by atoms with Crippen LogP contribution in [0.2, 0.25) is 0 Å². The smallest absolute Gasteiger partial charge is 0.366 e. The number of ether oxygens (including phenoxy) is 24. The molecule has 0 unspecified atom stereocenters. The van der Waals surface area contributed by atoms with Gasteiger partial charge in [0.25, 0.3) is 5.79 Å². The van der Waals surface area contributed by atoms with Crippen LogP contribution in [0.25, 0.3) is 0 Å². The van der Waals surface area contributed by atoms with E-state index in [-0.39, 0.29) is 17.7 Å². The van der Waals surface area contributed by atoms with Gasteiger partial charge in [0, 0.05) is 103 Å². The van der Waals surface area contributed by atoms with Crippen LogP contribution in [0.5, 0.6) is 0 Å². The molecule has 0 bridgehead atoms. The van der Waals surface area contributed by atoms with Crippen molar-refractivity contribution < 1.29 is 190 Å². The summed E-state index contributed by atoms with van der Waals surface area (Å²) in [5.41, 5.74) is 0.0688. The lowest BCUT2D eigenvalue weighted by molar-refractivity contribution is -0.394. The molecule has 7 rings (SSSR count). The van der Waals surface area contributed by atoms with Gasteiger partial charge in [0.2, 0.25) is 11.8 Å². The van der Waals surface area contributed by atoms with Gasteiger partial charge < -0.3 is 124 Å². The summed E-state index contributed by atoms with van der Waals surface area (Å²) in [5.74, 6) is -20.6. The Labute approximate surface area is 675 Å². The SMILES string of the molecule is CCO[C@@H]1O[C@H](COC(C)=O)[C@H](OC(C)=O)[C@H](O[C@@H]2O[C@H](COC(C)=O)[C@@H](O[C@@H]3O[C@H](COC(C)=O)[C@H](OC(C)=O)[C@H](O[C@]4(C(=O)OC)C[C@H](OC(C)=O)[C@@H](NC(C)=O)[C@H]([C@H](OC(C)=O)[C@@H](COC(C)=O)OC(C)=O)O4)[C@H]3OC(C)=O)[C@H](O[C@H]3C[C@H](OC(=O)c4ccccc4)[C@H](OC(=O)c4ccccc4)[C@H](C)O3)[C@H]2NC(C)=O)[C@H]1OC(C)=O. The number of carbonyl (C=O) groups is 16. The third-order valence-electron chi connectivity index (χ3n) is 17.9. The second-order valence-electron chi connectivity index (χ2n) is 27.4. The van der Waals surface area contributed by atoms with E-state index in [1.165, 1.54) is 50.2 Å². The highest BCUT2D eigenvalue weighted by atomic mass is 16.8. The van der Waals surface area contributed by atoms with Gasteiger partial charge in [-0.05, 0) is 38.1 Å². The number of esters is 14. The van der Waals surface area contributed by atoms with Crippen molar-refractivity contribution in [2.45, 2.75) is 270 Å². The maximum Gasteiger partial charge on any atom is 0.366 e. The first-order valence-electron chi connectivity index (χ1n) is 37.2. The monoisotopic (exact) mass is 1680 g/mol. The zero-order valence-corrected chi connectivity index (χ0v) is 67.4. The molecule has 5 fully saturated rings. The Bertz CT molecular complexity index is 3880. The Morgan fingerprint density at radius 1 is 0.432 bits per heavy atom. The molecule has 0 spiro atoms. The van der Waals surface area contributed by atoms with E-state index in [1.807, 2.05) is 0 Å². The van der Waals surface area contributed by atoms with E-state index in [0.717, 1.165) is 97.1 Å². The van der Waals surface area contributed by atoms with Crippen LogP contribution in [0.15, 0.2) is 60.7 Å². The topological polar surface area (TPSA) is 519 Å². The van der Waals surface area contributed by atoms with Gasteiger partial charge in [-0.3, -0.25) is 62.3 Å². The van der Waals surface area contributed by atoms with E-state index in [1.54, 1.807) is 24.3 Å². The molecule has 2 N–H and O–H groups in total. The van der Waals surface area contributed by atoms with E-state index in [2.05, 4.69) is 10.6 Å². The number of hydrogen-bond donors (Lipinski definition) is 2. The minimum atomic E-state index is -3.33. The van der Waals surface area contributed by atoms with Gasteiger partial charge >= 0.3 is 83.6 Å². The van der Waals surface area contributed by atoms with Crippen molar-refractivity contribution in [1.29, 1.82) is 0 Å². The van der Waals surface area contributed by atoms with Crippen molar-refractivity contribution in [3.63, 3.8) is 0 Å². The maximum absolute atomic E-state index is 15.3. The Morgan fingerprint density at radius 3 is 1.36 bits per heavy atom. The van der Waals surface area contributed by atoms with Crippen LogP contribution in [0, 0.1) is 0 Å². The molecule has 25 atom stereocenters. The van der Waals surface area contributed by atoms with E-state index in [4.69, 9.17) is 114 Å². The van der Waals surface area contributed by atoms with E-state index >= 15 is 4.79 Å². The van der Waals surface area contributed by atoms with Crippen LogP contribution < -0.4 is 10.6 Å². The van der Waals surface area contributed by atoms with Crippen LogP contribution in [0.1, 0.15) is 137 Å². The lowest BCUT2D eigenvalue weighted by Gasteiger charge is -2.53. The number of hydrogen-bond acceptors (Lipinski definition) is 40. The molecule has 0 aromatic heterocycles. The fourth-order valence-corrected chi connectivity index (χ4v) is 13.6. The van der Waals surface area contributed by atoms with E-state index in [9.17, 15) is 71.9 Å². The van der Waals surface area contributed by atoms with Crippen LogP contribution >= 0.6 is 0 Å². The van der Waals surface area contributed by atoms with Gasteiger partial charge in [0.15, 0.2) is 67.9 Å². The first kappa shape index (κ1) is 94.7. The van der Waals surface area contributed by atoms with Gasteiger partial charge in [-0.2, -0.15) is 0 Å². The number of rotatable bonds is 34. The quantitative estimate of drug-likeness (QED) is 0.0721. The summed E-state index contributed by atoms with van der Waals surface area (Å²) in [6.07, 6.45) is -45.4. The van der Waals surface area contributed by atoms with Gasteiger partial charge in [0.1, 0.15) is 93.5 Å². The second-order valence-corrected chi connectivity index (χ2v) is 27.4. The molecule has 0 saturated carbocycles. The summed E-state index contributed by atoms with van der Waals surface area (Å²) in [6.45, 7) is 11.3. The highest BCUT2D eigenvalue weighted by Crippen LogP contribution is 2.44. The molecule has 118 heavy (non-hydrogen) atoms. The molecule has 2 amide bonds. The lowest BCUT2D eigenvalue weighted by atomic mass is 9.87. The normalized spacial score (nSPS) is 30.3. The third kappa shape index (κ3) is 26.8. The predicted octanol–water partition coefficient (Wildman–Crippen LogP) is 0.766. The minimum Gasteiger partial charge on any atom is -0.465 e. The second kappa shape index (κ2) is 43.8. The van der Waals surface area contributed by atoms with Gasteiger partial charge in [-0.15, -0.1) is 0 Å². The fraction of sp³-hybridized carbons (Fsp3) is 0.632. The fourth-order valence-electron chi connectivity index (χ4n) is 13.6. The zero-order valence-electron chi connectivity index (χ0n) is 67.4. The molecule has 5 heterocycles. The molecule has 652 valence electrons. The molecule has 5 aliphatic heterocycles. The van der Waals surface area contributed by atoms with Gasteiger partial charge in [-0.25, -0.2) is 14.4 Å². The van der Waals surface area contributed by atoms with Gasteiger partial charge in [-0.1, -0.05) is 36.4 Å². The molecular formula is C76H98N2O40. The standard InChI is InChI=1S/C76H98N2O40/c1-17-96-73-68(107-46(14)90)66(62(105-44(12)88)54(111-73)32-99-39(7)83)116-72-58(78-36(4)80)64(113-56-28-50(109-70(92)48-24-20-18-21-25-48)59(34(2)101-56)114-71(93)49-26-22-19-23-27-49)60(53(110-72)31-98-38(6)82)115-74-69(108-47(15)91)67(63(106-45(13)89)55(112-74)33-100-40(8)84)118-76(75(94)95-16)29-51(102-41(9)85)57(77-35(3)79)65(117-76)61(104-43(11)87)52(103-42(10)86)30-97-37(5)81/h18-27,34,50-69,72-74H,17,28-33H2,1-16H3,(H,77,79)(H,78,80)/t34-,50-,51-,52+,53+,54+,55+,56-,57+,58+,59+,60+,61+,62-,63-,64+,65+,66-,67-,68+,69+,72-,73+,74-,76-/m0/s1. The molecule has 2 aromatic carbocycles. The number of methoxy groups -OCH3 is 1. The average molecular weight is 1680 g/mol. The van der Waals surface area contributed by atoms with E-state index in [0.29, 0.717) is 0 Å². The number of nitrogens with one attached hydrogen (secondary N) is 2. The predicted molar refractivity (Wildman–Crippen MR) is 382 cm³/mol. The molecule has 5 saturated heterocycles. The summed E-state index contributed by atoms with van der Waals surface area (Å²) in [6, 6.07) is 11.3. The molecule has 5 aliphatic rings. The number of benzene rings is 2. The van der Waals surface area contributed by atoms with Crippen molar-refractivity contribution in [2.24, 2.45) is 0 Å². The highest BCUT2D eigenvalue weighted by Gasteiger charge is 2.65. The van der Waals surface area contributed by atoms with Crippen molar-refractivity contribution in [1.82, 2.24) is 10.6 Å². The van der Waals surface area contributed by atoms with Crippen molar-refractivity contribution >= 4 is 95.4 Å². The first-order valence-corrected chi connectivity index (χ1v) is 37.2. The zero-order chi connectivity index (χ0) is 87.2. The first-order chi connectivity index (χ1) is 55.7. The van der Waals surface area contributed by atoms with Crippen molar-refractivity contribution in [3.05, 3.63) is 71.8 Å². The summed E-state index contributed by atoms with van der Waals surface area (Å²) < 4.78 is 147. The number of carbonyl (C=O) groups excluding carboxylic acids is 16. The largest absolute Gasteiger partial charge is 0.465 e. The van der Waals surface area contributed by atoms with Crippen LogP contribution in [-0.2, 0) is 181 Å². The maximum atomic E-state index is 15.3. The lowest BCUT2D eigenvalue weighted by Crippen LogP contribution is -2.73. The molecule has 0 radical (unpaired) electrons. The Balaban J connectivity index is 1.54. The van der Waals surface area contributed by atoms with Gasteiger partial charge in [0.05, 0.1) is 36.8 Å². The average Bonchev–Trinajstić information content (AvgIpc) is 0.737. The highest BCUT2D eigenvalue weighted by molar-refractivity contribution is 5.90. The third-order valence-corrected chi connectivity index (χ3v) is 17.9. The van der Waals surface area contributed by atoms with Crippen LogP contribution in [-0.4, -0.2) is 288 Å². The number of amides is 2. The minimum absolute atomic E-state index is 0.0132. The van der Waals surface area contributed by atoms with Crippen molar-refractivity contribution in [3.8, 4) is 0 Å². The van der Waals surface area contributed by atoms with Crippen LogP contribution in [0.3, 0.4) is 0 Å². The summed E-state index contributed by atoms with van der Waals surface area (Å²) in [4.78, 5) is 217. The molecule has 0 aliphatic carbocycles. The Kier molecular flexibility index (Phi) is 35.2. The molecule has 2 aromatic rings. The Morgan fingerprint density at radius 2 is 0.881 bits per heavy atom. The molecule has 42 heteroatoms. The van der Waals surface area contributed by atoms with E-state index < -0.39 is 288 Å².